The van der Waals surface area contributed by atoms with Crippen LogP contribution in [0.2, 0.25) is 10.0 Å². The Morgan fingerprint density at radius 1 is 0.839 bits per heavy atom. The highest BCUT2D eigenvalue weighted by Gasteiger charge is 2.17. The molecule has 5 heteroatoms. The summed E-state index contributed by atoms with van der Waals surface area (Å²) in [5, 5.41) is 4.57. The second-order valence-corrected chi connectivity index (χ2v) is 7.93. The first-order chi connectivity index (χ1) is 15.1. The Labute approximate surface area is 191 Å². The zero-order valence-electron chi connectivity index (χ0n) is 16.7. The summed E-state index contributed by atoms with van der Waals surface area (Å²) >= 11 is 12.1. The van der Waals surface area contributed by atoms with E-state index in [9.17, 15) is 4.79 Å². The number of carbonyl (C=O) groups is 1. The van der Waals surface area contributed by atoms with Crippen LogP contribution in [0.15, 0.2) is 89.9 Å². The largest absolute Gasteiger partial charge is 0.368 e. The van der Waals surface area contributed by atoms with Crippen molar-refractivity contribution in [1.29, 1.82) is 0 Å². The molecule has 1 heterocycles. The van der Waals surface area contributed by atoms with Gasteiger partial charge in [-0.05, 0) is 53.1 Å². The Bertz CT molecular complexity index is 1160. The summed E-state index contributed by atoms with van der Waals surface area (Å²) < 4.78 is 0. The van der Waals surface area contributed by atoms with Crippen LogP contribution in [0.5, 0.6) is 0 Å². The van der Waals surface area contributed by atoms with Crippen LogP contribution in [0.25, 0.3) is 17.2 Å². The van der Waals surface area contributed by atoms with Gasteiger partial charge >= 0.3 is 0 Å². The van der Waals surface area contributed by atoms with Crippen molar-refractivity contribution in [2.45, 2.75) is 0 Å². The maximum Gasteiger partial charge on any atom is 0.187 e. The average molecular weight is 447 g/mol. The van der Waals surface area contributed by atoms with E-state index in [1.54, 1.807) is 6.08 Å². The predicted molar refractivity (Wildman–Crippen MR) is 131 cm³/mol. The first-order valence-electron chi connectivity index (χ1n) is 9.93. The van der Waals surface area contributed by atoms with E-state index in [1.165, 1.54) is 0 Å². The highest BCUT2D eigenvalue weighted by Crippen LogP contribution is 2.25. The molecule has 1 aliphatic rings. The number of hydrogen-bond acceptors (Lipinski definition) is 3. The molecule has 154 valence electrons. The fourth-order valence-electron chi connectivity index (χ4n) is 3.35. The van der Waals surface area contributed by atoms with Gasteiger partial charge in [-0.1, -0.05) is 77.8 Å². The lowest BCUT2D eigenvalue weighted by Crippen LogP contribution is -2.20. The molecule has 0 unspecified atom stereocenters. The van der Waals surface area contributed by atoms with Gasteiger partial charge in [0.05, 0.1) is 6.54 Å². The molecule has 0 bridgehead atoms. The highest BCUT2D eigenvalue weighted by atomic mass is 35.5. The normalized spacial score (nSPS) is 14.2. The minimum Gasteiger partial charge on any atom is -0.368 e. The number of halogens is 2. The lowest BCUT2D eigenvalue weighted by Gasteiger charge is -2.11. The predicted octanol–water partition coefficient (Wildman–Crippen LogP) is 6.19. The molecule has 4 rings (SSSR count). The van der Waals surface area contributed by atoms with E-state index in [4.69, 9.17) is 23.2 Å². The van der Waals surface area contributed by atoms with Crippen LogP contribution in [-0.2, 0) is 4.79 Å². The summed E-state index contributed by atoms with van der Waals surface area (Å²) in [4.78, 5) is 18.1. The number of allylic oxidation sites excluding steroid dienone is 2. The van der Waals surface area contributed by atoms with Crippen molar-refractivity contribution in [3.63, 3.8) is 0 Å². The van der Waals surface area contributed by atoms with Crippen LogP contribution in [0.3, 0.4) is 0 Å². The molecule has 0 atom stereocenters. The fraction of sp³-hybridized carbons (Fsp3) is 0.0769. The summed E-state index contributed by atoms with van der Waals surface area (Å²) in [5.74, 6) is 0.608. The second kappa shape index (κ2) is 9.78. The van der Waals surface area contributed by atoms with Crippen molar-refractivity contribution < 1.29 is 4.79 Å². The summed E-state index contributed by atoms with van der Waals surface area (Å²) in [6, 6.07) is 24.5. The molecule has 0 radical (unpaired) electrons. The number of ketones is 1. The van der Waals surface area contributed by atoms with Crippen LogP contribution >= 0.6 is 23.2 Å². The smallest absolute Gasteiger partial charge is 0.187 e. The molecule has 0 spiro atoms. The molecular formula is C26H20Cl2N2O. The van der Waals surface area contributed by atoms with Gasteiger partial charge in [-0.25, -0.2) is 0 Å². The topological polar surface area (TPSA) is 41.5 Å². The SMILES string of the molecule is O=C(C=C(C1=NCCN1)c1ccc(Cl)cc1)C(=Cc1ccc(Cl)cc1)c1ccccc1. The molecule has 0 amide bonds. The van der Waals surface area contributed by atoms with Crippen LogP contribution in [0, 0.1) is 0 Å². The number of rotatable bonds is 6. The number of hydrogen-bond donors (Lipinski definition) is 1. The van der Waals surface area contributed by atoms with Crippen LogP contribution in [0.1, 0.15) is 16.7 Å². The monoisotopic (exact) mass is 446 g/mol. The molecule has 0 saturated heterocycles. The van der Waals surface area contributed by atoms with E-state index in [1.807, 2.05) is 84.9 Å². The standard InChI is InChI=1S/C26H20Cl2N2O/c27-21-10-6-18(7-11-21)16-23(19-4-2-1-3-5-19)25(31)17-24(26-29-14-15-30-26)20-8-12-22(28)13-9-20/h1-13,16-17H,14-15H2,(H,29,30). The Kier molecular flexibility index (Phi) is 6.66. The number of benzene rings is 3. The lowest BCUT2D eigenvalue weighted by atomic mass is 9.95. The maximum atomic E-state index is 13.5. The molecular weight excluding hydrogens is 427 g/mol. The van der Waals surface area contributed by atoms with Crippen molar-refractivity contribution in [3.05, 3.63) is 112 Å². The number of nitrogens with zero attached hydrogens (tertiary/aromatic N) is 1. The molecule has 0 aliphatic carbocycles. The van der Waals surface area contributed by atoms with Gasteiger partial charge in [0.15, 0.2) is 5.78 Å². The zero-order valence-corrected chi connectivity index (χ0v) is 18.2. The van der Waals surface area contributed by atoms with Gasteiger partial charge in [-0.15, -0.1) is 0 Å². The molecule has 0 saturated carbocycles. The van der Waals surface area contributed by atoms with Gasteiger partial charge in [-0.3, -0.25) is 9.79 Å². The van der Waals surface area contributed by atoms with Crippen LogP contribution < -0.4 is 5.32 Å². The number of amidine groups is 1. The van der Waals surface area contributed by atoms with E-state index in [2.05, 4.69) is 10.3 Å². The molecule has 3 nitrogen and oxygen atoms in total. The third-order valence-electron chi connectivity index (χ3n) is 4.89. The van der Waals surface area contributed by atoms with Crippen molar-refractivity contribution in [1.82, 2.24) is 5.32 Å². The summed E-state index contributed by atoms with van der Waals surface area (Å²) in [7, 11) is 0. The van der Waals surface area contributed by atoms with E-state index in [0.29, 0.717) is 22.2 Å². The molecule has 1 N–H and O–H groups in total. The third-order valence-corrected chi connectivity index (χ3v) is 5.40. The summed E-state index contributed by atoms with van der Waals surface area (Å²) in [6.07, 6.45) is 3.53. The van der Waals surface area contributed by atoms with Crippen LogP contribution in [-0.4, -0.2) is 24.7 Å². The Morgan fingerprint density at radius 2 is 1.48 bits per heavy atom. The second-order valence-electron chi connectivity index (χ2n) is 7.06. The quantitative estimate of drug-likeness (QED) is 0.362. The van der Waals surface area contributed by atoms with Gasteiger partial charge < -0.3 is 5.32 Å². The van der Waals surface area contributed by atoms with Crippen molar-refractivity contribution in [3.8, 4) is 0 Å². The van der Waals surface area contributed by atoms with Crippen LogP contribution in [0.4, 0.5) is 0 Å². The molecule has 31 heavy (non-hydrogen) atoms. The molecule has 3 aromatic carbocycles. The first kappa shape index (κ1) is 21.1. The van der Waals surface area contributed by atoms with E-state index in [-0.39, 0.29) is 5.78 Å². The molecule has 3 aromatic rings. The minimum atomic E-state index is -0.109. The number of carbonyl (C=O) groups excluding carboxylic acids is 1. The maximum absolute atomic E-state index is 13.5. The Balaban J connectivity index is 1.79. The van der Waals surface area contributed by atoms with Gasteiger partial charge in [0, 0.05) is 27.7 Å². The minimum absolute atomic E-state index is 0.109. The van der Waals surface area contributed by atoms with Crippen molar-refractivity contribution >= 4 is 52.0 Å². The fourth-order valence-corrected chi connectivity index (χ4v) is 3.60. The Morgan fingerprint density at radius 3 is 2.10 bits per heavy atom. The van der Waals surface area contributed by atoms with Crippen molar-refractivity contribution in [2.75, 3.05) is 13.1 Å². The zero-order chi connectivity index (χ0) is 21.6. The average Bonchev–Trinajstić information content (AvgIpc) is 3.33. The number of nitrogens with one attached hydrogen (secondary N) is 1. The molecule has 0 fully saturated rings. The highest BCUT2D eigenvalue weighted by molar-refractivity contribution is 6.37. The Hall–Kier alpha value is -3.14. The van der Waals surface area contributed by atoms with E-state index in [0.717, 1.165) is 34.6 Å². The first-order valence-corrected chi connectivity index (χ1v) is 10.7. The van der Waals surface area contributed by atoms with Gasteiger partial charge in [0.25, 0.3) is 0 Å². The molecule has 1 aliphatic heterocycles. The third kappa shape index (κ3) is 5.32. The van der Waals surface area contributed by atoms with E-state index < -0.39 is 0 Å². The van der Waals surface area contributed by atoms with Gasteiger partial charge in [-0.2, -0.15) is 0 Å². The summed E-state index contributed by atoms with van der Waals surface area (Å²) in [6.45, 7) is 1.43. The van der Waals surface area contributed by atoms with Gasteiger partial charge in [0.1, 0.15) is 5.84 Å². The summed E-state index contributed by atoms with van der Waals surface area (Å²) in [5.41, 5.74) is 3.96. The van der Waals surface area contributed by atoms with Gasteiger partial charge in [0.2, 0.25) is 0 Å². The van der Waals surface area contributed by atoms with E-state index >= 15 is 0 Å². The lowest BCUT2D eigenvalue weighted by molar-refractivity contribution is -0.109. The number of aliphatic imine (C=N–C) groups is 1. The van der Waals surface area contributed by atoms with Crippen molar-refractivity contribution in [2.24, 2.45) is 4.99 Å². The molecule has 0 aromatic heterocycles.